The van der Waals surface area contributed by atoms with E-state index in [-0.39, 0.29) is 30.7 Å². The Morgan fingerprint density at radius 1 is 1.03 bits per heavy atom. The number of carbonyl (C=O) groups is 4. The monoisotopic (exact) mass is 434 g/mol. The van der Waals surface area contributed by atoms with E-state index in [1.807, 2.05) is 0 Å². The number of para-hydroxylation sites is 1. The average molecular weight is 435 g/mol. The molecule has 9 heteroatoms. The Morgan fingerprint density at radius 2 is 1.70 bits per heavy atom. The second kappa shape index (κ2) is 11.1. The standard InChI is InChI=1S/C21H20ClFN2O5/c1-25(12-19(27)24-17-5-3-2-4-16(17)22)20(28)13-30-21(29)11-10-18(26)14-6-8-15(23)9-7-14/h2-9H,10-13H2,1H3,(H,24,27). The highest BCUT2D eigenvalue weighted by atomic mass is 35.5. The van der Waals surface area contributed by atoms with Crippen LogP contribution in [-0.2, 0) is 19.1 Å². The Hall–Kier alpha value is -3.26. The number of nitrogens with zero attached hydrogens (tertiary/aromatic N) is 1. The van der Waals surface area contributed by atoms with Crippen LogP contribution >= 0.6 is 11.6 Å². The highest BCUT2D eigenvalue weighted by Gasteiger charge is 2.17. The van der Waals surface area contributed by atoms with Crippen molar-refractivity contribution >= 4 is 40.9 Å². The molecule has 2 aromatic carbocycles. The van der Waals surface area contributed by atoms with Crippen molar-refractivity contribution in [2.45, 2.75) is 12.8 Å². The lowest BCUT2D eigenvalue weighted by molar-refractivity contribution is -0.151. The van der Waals surface area contributed by atoms with Crippen LogP contribution in [0.5, 0.6) is 0 Å². The Bertz CT molecular complexity index is 933. The van der Waals surface area contributed by atoms with Gasteiger partial charge in [-0.2, -0.15) is 0 Å². The Kier molecular flexibility index (Phi) is 8.49. The van der Waals surface area contributed by atoms with Crippen LogP contribution in [0.3, 0.4) is 0 Å². The first-order chi connectivity index (χ1) is 14.3. The summed E-state index contributed by atoms with van der Waals surface area (Å²) < 4.78 is 17.7. The van der Waals surface area contributed by atoms with E-state index in [9.17, 15) is 23.6 Å². The molecule has 0 aliphatic rings. The van der Waals surface area contributed by atoms with Gasteiger partial charge in [0.25, 0.3) is 5.91 Å². The van der Waals surface area contributed by atoms with Crippen molar-refractivity contribution < 1.29 is 28.3 Å². The molecule has 2 amide bonds. The predicted octanol–water partition coefficient (Wildman–Crippen LogP) is 3.08. The summed E-state index contributed by atoms with van der Waals surface area (Å²) in [6.07, 6.45) is -0.352. The lowest BCUT2D eigenvalue weighted by atomic mass is 10.1. The van der Waals surface area contributed by atoms with Crippen molar-refractivity contribution in [1.82, 2.24) is 4.90 Å². The minimum Gasteiger partial charge on any atom is -0.456 e. The minimum atomic E-state index is -0.729. The number of Topliss-reactive ketones (excluding diaryl/α,β-unsaturated/α-hetero) is 1. The molecule has 2 aromatic rings. The molecule has 0 aromatic heterocycles. The molecule has 0 spiro atoms. The van der Waals surface area contributed by atoms with Gasteiger partial charge in [-0.3, -0.25) is 19.2 Å². The van der Waals surface area contributed by atoms with Gasteiger partial charge in [0.05, 0.1) is 23.7 Å². The SMILES string of the molecule is CN(CC(=O)Nc1ccccc1Cl)C(=O)COC(=O)CCC(=O)c1ccc(F)cc1. The Morgan fingerprint density at radius 3 is 2.37 bits per heavy atom. The van der Waals surface area contributed by atoms with E-state index in [4.69, 9.17) is 16.3 Å². The van der Waals surface area contributed by atoms with Crippen molar-refractivity contribution in [3.05, 3.63) is 64.9 Å². The van der Waals surface area contributed by atoms with E-state index in [1.54, 1.807) is 24.3 Å². The summed E-state index contributed by atoms with van der Waals surface area (Å²) >= 11 is 5.96. The molecule has 0 aliphatic heterocycles. The minimum absolute atomic E-state index is 0.130. The largest absolute Gasteiger partial charge is 0.456 e. The second-order valence-electron chi connectivity index (χ2n) is 6.37. The zero-order chi connectivity index (χ0) is 22.1. The highest BCUT2D eigenvalue weighted by molar-refractivity contribution is 6.33. The lowest BCUT2D eigenvalue weighted by Gasteiger charge is -2.17. The van der Waals surface area contributed by atoms with Gasteiger partial charge in [-0.25, -0.2) is 4.39 Å². The van der Waals surface area contributed by atoms with Crippen LogP contribution in [0.15, 0.2) is 48.5 Å². The van der Waals surface area contributed by atoms with E-state index in [1.165, 1.54) is 19.2 Å². The van der Waals surface area contributed by atoms with Gasteiger partial charge < -0.3 is 15.0 Å². The van der Waals surface area contributed by atoms with Crippen LogP contribution in [0.2, 0.25) is 5.02 Å². The Balaban J connectivity index is 1.71. The molecule has 0 atom stereocenters. The van der Waals surface area contributed by atoms with Crippen LogP contribution in [0.25, 0.3) is 0 Å². The Labute approximate surface area is 177 Å². The molecule has 0 bridgehead atoms. The third-order valence-corrected chi connectivity index (χ3v) is 4.36. The molecular formula is C21H20ClFN2O5. The van der Waals surface area contributed by atoms with Crippen molar-refractivity contribution in [3.8, 4) is 0 Å². The van der Waals surface area contributed by atoms with Crippen LogP contribution in [0.1, 0.15) is 23.2 Å². The molecule has 0 saturated carbocycles. The first kappa shape index (κ1) is 23.0. The zero-order valence-electron chi connectivity index (χ0n) is 16.2. The van der Waals surface area contributed by atoms with Gasteiger partial charge in [0.1, 0.15) is 5.82 Å². The molecule has 0 radical (unpaired) electrons. The number of halogens is 2. The smallest absolute Gasteiger partial charge is 0.306 e. The first-order valence-electron chi connectivity index (χ1n) is 8.99. The van der Waals surface area contributed by atoms with Gasteiger partial charge in [-0.05, 0) is 36.4 Å². The maximum Gasteiger partial charge on any atom is 0.306 e. The molecule has 0 fully saturated rings. The summed E-state index contributed by atoms with van der Waals surface area (Å²) in [6, 6.07) is 11.6. The first-order valence-corrected chi connectivity index (χ1v) is 9.37. The molecule has 30 heavy (non-hydrogen) atoms. The van der Waals surface area contributed by atoms with Gasteiger partial charge in [0.15, 0.2) is 12.4 Å². The maximum absolute atomic E-state index is 12.9. The third-order valence-electron chi connectivity index (χ3n) is 4.03. The van der Waals surface area contributed by atoms with E-state index < -0.39 is 30.2 Å². The number of ether oxygens (including phenoxy) is 1. The number of rotatable bonds is 9. The van der Waals surface area contributed by atoms with Crippen molar-refractivity contribution in [2.24, 2.45) is 0 Å². The predicted molar refractivity (Wildman–Crippen MR) is 109 cm³/mol. The number of carbonyl (C=O) groups excluding carboxylic acids is 4. The number of benzene rings is 2. The number of amides is 2. The van der Waals surface area contributed by atoms with Crippen LogP contribution in [-0.4, -0.2) is 48.7 Å². The molecule has 2 rings (SSSR count). The fraction of sp³-hybridized carbons (Fsp3) is 0.238. The van der Waals surface area contributed by atoms with Gasteiger partial charge >= 0.3 is 5.97 Å². The van der Waals surface area contributed by atoms with Gasteiger partial charge in [-0.15, -0.1) is 0 Å². The number of likely N-dealkylation sites (N-methyl/N-ethyl adjacent to an activating group) is 1. The number of esters is 1. The van der Waals surface area contributed by atoms with E-state index in [0.29, 0.717) is 10.7 Å². The van der Waals surface area contributed by atoms with Gasteiger partial charge in [0.2, 0.25) is 5.91 Å². The summed E-state index contributed by atoms with van der Waals surface area (Å²) in [7, 11) is 1.39. The number of hydrogen-bond acceptors (Lipinski definition) is 5. The van der Waals surface area contributed by atoms with Crippen LogP contribution in [0.4, 0.5) is 10.1 Å². The summed E-state index contributed by atoms with van der Waals surface area (Å²) in [6.45, 7) is -0.815. The molecule has 1 N–H and O–H groups in total. The molecular weight excluding hydrogens is 415 g/mol. The summed E-state index contributed by atoms with van der Waals surface area (Å²) in [5.74, 6) is -2.58. The highest BCUT2D eigenvalue weighted by Crippen LogP contribution is 2.20. The van der Waals surface area contributed by atoms with Gasteiger partial charge in [-0.1, -0.05) is 23.7 Å². The van der Waals surface area contributed by atoms with Crippen LogP contribution in [0, 0.1) is 5.82 Å². The zero-order valence-corrected chi connectivity index (χ0v) is 16.9. The number of hydrogen-bond donors (Lipinski definition) is 1. The van der Waals surface area contributed by atoms with E-state index in [2.05, 4.69) is 5.32 Å². The summed E-state index contributed by atoms with van der Waals surface area (Å²) in [4.78, 5) is 48.9. The van der Waals surface area contributed by atoms with Crippen LogP contribution < -0.4 is 5.32 Å². The number of ketones is 1. The third kappa shape index (κ3) is 7.29. The summed E-state index contributed by atoms with van der Waals surface area (Å²) in [5, 5.41) is 2.94. The molecule has 158 valence electrons. The molecule has 0 saturated heterocycles. The molecule has 0 unspecified atom stereocenters. The normalized spacial score (nSPS) is 10.2. The fourth-order valence-electron chi connectivity index (χ4n) is 2.38. The lowest BCUT2D eigenvalue weighted by Crippen LogP contribution is -2.37. The van der Waals surface area contributed by atoms with Crippen molar-refractivity contribution in [3.63, 3.8) is 0 Å². The fourth-order valence-corrected chi connectivity index (χ4v) is 2.56. The molecule has 0 heterocycles. The number of nitrogens with one attached hydrogen (secondary N) is 1. The maximum atomic E-state index is 12.9. The quantitative estimate of drug-likeness (QED) is 0.483. The molecule has 7 nitrogen and oxygen atoms in total. The second-order valence-corrected chi connectivity index (χ2v) is 6.78. The molecule has 0 aliphatic carbocycles. The average Bonchev–Trinajstić information content (AvgIpc) is 2.72. The van der Waals surface area contributed by atoms with Crippen molar-refractivity contribution in [1.29, 1.82) is 0 Å². The summed E-state index contributed by atoms with van der Waals surface area (Å²) in [5.41, 5.74) is 0.701. The number of anilines is 1. The van der Waals surface area contributed by atoms with Crippen molar-refractivity contribution in [2.75, 3.05) is 25.5 Å². The van der Waals surface area contributed by atoms with E-state index >= 15 is 0 Å². The van der Waals surface area contributed by atoms with E-state index in [0.717, 1.165) is 17.0 Å². The van der Waals surface area contributed by atoms with Gasteiger partial charge in [0, 0.05) is 19.0 Å². The topological polar surface area (TPSA) is 92.8 Å².